The van der Waals surface area contributed by atoms with E-state index >= 15 is 0 Å². The number of nitrogens with zero attached hydrogens (tertiary/aromatic N) is 2. The summed E-state index contributed by atoms with van der Waals surface area (Å²) in [4.78, 5) is 10.7. The minimum absolute atomic E-state index is 0.166. The summed E-state index contributed by atoms with van der Waals surface area (Å²) in [5.74, 6) is 0.703. The summed E-state index contributed by atoms with van der Waals surface area (Å²) in [5.41, 5.74) is 16.3. The number of hydrogen-bond acceptors (Lipinski definition) is 3. The van der Waals surface area contributed by atoms with Gasteiger partial charge >= 0.3 is 0 Å². The molecule has 0 amide bonds. The zero-order valence-electron chi connectivity index (χ0n) is 33.3. The summed E-state index contributed by atoms with van der Waals surface area (Å²) in [6, 6.07) is 69.4. The lowest BCUT2D eigenvalue weighted by molar-refractivity contribution is 0.661. The van der Waals surface area contributed by atoms with Crippen molar-refractivity contribution in [3.05, 3.63) is 205 Å². The molecular formula is C57H38N2O. The second kappa shape index (κ2) is 13.2. The average Bonchev–Trinajstić information content (AvgIpc) is 3.79. The molecule has 0 spiro atoms. The first kappa shape index (κ1) is 34.4. The molecule has 0 atom stereocenters. The van der Waals surface area contributed by atoms with Crippen LogP contribution >= 0.6 is 0 Å². The van der Waals surface area contributed by atoms with Crippen LogP contribution in [0.4, 0.5) is 0 Å². The SMILES string of the molecule is CC1(C)c2cc3ccccc3cc2-c2c(-c3cc(-c4ccc(-c5ccccc5-c5cccc6c5oc5ccccc56)c5ccccc45)nc(-c4ccccc4)n3)cccc21. The van der Waals surface area contributed by atoms with Crippen molar-refractivity contribution in [1.29, 1.82) is 0 Å². The van der Waals surface area contributed by atoms with Crippen LogP contribution in [0.25, 0.3) is 111 Å². The van der Waals surface area contributed by atoms with Gasteiger partial charge in [-0.15, -0.1) is 0 Å². The lowest BCUT2D eigenvalue weighted by Gasteiger charge is -2.22. The highest BCUT2D eigenvalue weighted by atomic mass is 16.3. The van der Waals surface area contributed by atoms with Gasteiger partial charge in [-0.1, -0.05) is 184 Å². The van der Waals surface area contributed by atoms with Crippen molar-refractivity contribution in [1.82, 2.24) is 9.97 Å². The number of hydrogen-bond donors (Lipinski definition) is 0. The van der Waals surface area contributed by atoms with E-state index in [9.17, 15) is 0 Å². The van der Waals surface area contributed by atoms with E-state index in [2.05, 4.69) is 190 Å². The van der Waals surface area contributed by atoms with Gasteiger partial charge in [0.15, 0.2) is 5.82 Å². The molecular weight excluding hydrogens is 729 g/mol. The van der Waals surface area contributed by atoms with Crippen LogP contribution in [0.2, 0.25) is 0 Å². The third kappa shape index (κ3) is 5.22. The molecule has 0 bridgehead atoms. The molecule has 0 fully saturated rings. The van der Waals surface area contributed by atoms with Crippen LogP contribution in [0, 0.1) is 0 Å². The van der Waals surface area contributed by atoms with Gasteiger partial charge in [-0.25, -0.2) is 9.97 Å². The third-order valence-corrected chi connectivity index (χ3v) is 12.7. The second-order valence-corrected chi connectivity index (χ2v) is 16.5. The van der Waals surface area contributed by atoms with Gasteiger partial charge in [-0.3, -0.25) is 0 Å². The molecule has 9 aromatic carbocycles. The molecule has 11 aromatic rings. The number of rotatable bonds is 5. The minimum atomic E-state index is -0.166. The third-order valence-electron chi connectivity index (χ3n) is 12.7. The highest BCUT2D eigenvalue weighted by Crippen LogP contribution is 2.53. The van der Waals surface area contributed by atoms with Crippen LogP contribution < -0.4 is 0 Å². The Kier molecular flexibility index (Phi) is 7.58. The molecule has 0 saturated heterocycles. The maximum Gasteiger partial charge on any atom is 0.160 e. The molecule has 1 aliphatic carbocycles. The Hall–Kier alpha value is -7.62. The Labute approximate surface area is 348 Å². The normalized spacial score (nSPS) is 13.0. The molecule has 3 heteroatoms. The molecule has 0 N–H and O–H groups in total. The van der Waals surface area contributed by atoms with Crippen molar-refractivity contribution >= 4 is 43.5 Å². The van der Waals surface area contributed by atoms with Gasteiger partial charge in [0.1, 0.15) is 11.2 Å². The fraction of sp³-hybridized carbons (Fsp3) is 0.0526. The Morgan fingerprint density at radius 1 is 0.383 bits per heavy atom. The number of furan rings is 1. The van der Waals surface area contributed by atoms with E-state index in [1.807, 2.05) is 18.2 Å². The molecule has 3 nitrogen and oxygen atoms in total. The van der Waals surface area contributed by atoms with E-state index in [4.69, 9.17) is 14.4 Å². The molecule has 0 unspecified atom stereocenters. The van der Waals surface area contributed by atoms with Crippen molar-refractivity contribution in [3.63, 3.8) is 0 Å². The van der Waals surface area contributed by atoms with E-state index in [-0.39, 0.29) is 5.41 Å². The van der Waals surface area contributed by atoms with E-state index in [1.54, 1.807) is 0 Å². The molecule has 2 heterocycles. The Balaban J connectivity index is 1.06. The Morgan fingerprint density at radius 2 is 0.950 bits per heavy atom. The van der Waals surface area contributed by atoms with E-state index < -0.39 is 0 Å². The second-order valence-electron chi connectivity index (χ2n) is 16.5. The van der Waals surface area contributed by atoms with Crippen LogP contribution in [0.3, 0.4) is 0 Å². The molecule has 12 rings (SSSR count). The van der Waals surface area contributed by atoms with Crippen molar-refractivity contribution < 1.29 is 4.42 Å². The van der Waals surface area contributed by atoms with Crippen molar-refractivity contribution in [3.8, 4) is 67.3 Å². The van der Waals surface area contributed by atoms with Gasteiger partial charge in [0.05, 0.1) is 11.4 Å². The topological polar surface area (TPSA) is 38.9 Å². The summed E-state index contributed by atoms with van der Waals surface area (Å²) in [5, 5.41) is 7.04. The zero-order chi connectivity index (χ0) is 40.0. The van der Waals surface area contributed by atoms with Crippen molar-refractivity contribution in [2.75, 3.05) is 0 Å². The fourth-order valence-electron chi connectivity index (χ4n) is 9.80. The van der Waals surface area contributed by atoms with Gasteiger partial charge in [-0.05, 0) is 84.8 Å². The number of fused-ring (bicyclic) bond motifs is 8. The molecule has 0 radical (unpaired) electrons. The van der Waals surface area contributed by atoms with Crippen LogP contribution in [-0.4, -0.2) is 9.97 Å². The first-order chi connectivity index (χ1) is 29.5. The van der Waals surface area contributed by atoms with Gasteiger partial charge in [0.2, 0.25) is 0 Å². The van der Waals surface area contributed by atoms with Crippen LogP contribution in [0.5, 0.6) is 0 Å². The van der Waals surface area contributed by atoms with E-state index in [0.717, 1.165) is 83.0 Å². The molecule has 0 aliphatic heterocycles. The van der Waals surface area contributed by atoms with Gasteiger partial charge in [0.25, 0.3) is 0 Å². The quantitative estimate of drug-likeness (QED) is 0.175. The predicted octanol–water partition coefficient (Wildman–Crippen LogP) is 15.3. The number of para-hydroxylation sites is 2. The smallest absolute Gasteiger partial charge is 0.160 e. The molecule has 282 valence electrons. The van der Waals surface area contributed by atoms with E-state index in [0.29, 0.717) is 5.82 Å². The average molecular weight is 767 g/mol. The standard InChI is InChI=1S/C57H38N2O/c1-57(2)49-28-15-27-47(54(49)48-32-36-18-6-7-19-37(36)33-50(48)57)52-34-51(58-56(59-52)35-16-4-3-5-17-35)43-31-30-42(38-20-8-10-22-40(38)43)39-21-9-11-23-41(39)45-25-14-26-46-44-24-12-13-29-53(44)60-55(45)46/h3-34H,1-2H3. The largest absolute Gasteiger partial charge is 0.455 e. The fourth-order valence-corrected chi connectivity index (χ4v) is 9.80. The lowest BCUT2D eigenvalue weighted by atomic mass is 9.81. The first-order valence-electron chi connectivity index (χ1n) is 20.7. The lowest BCUT2D eigenvalue weighted by Crippen LogP contribution is -2.14. The summed E-state index contributed by atoms with van der Waals surface area (Å²) in [7, 11) is 0. The maximum absolute atomic E-state index is 6.55. The van der Waals surface area contributed by atoms with Gasteiger partial charge < -0.3 is 4.42 Å². The molecule has 60 heavy (non-hydrogen) atoms. The molecule has 0 saturated carbocycles. The Morgan fingerprint density at radius 3 is 1.75 bits per heavy atom. The number of benzene rings is 9. The van der Waals surface area contributed by atoms with E-state index in [1.165, 1.54) is 33.0 Å². The van der Waals surface area contributed by atoms with Gasteiger partial charge in [0, 0.05) is 38.4 Å². The monoisotopic (exact) mass is 766 g/mol. The van der Waals surface area contributed by atoms with Crippen molar-refractivity contribution in [2.45, 2.75) is 19.3 Å². The van der Waals surface area contributed by atoms with Crippen LogP contribution in [-0.2, 0) is 5.41 Å². The Bertz CT molecular complexity index is 3520. The van der Waals surface area contributed by atoms with Gasteiger partial charge in [-0.2, -0.15) is 0 Å². The highest BCUT2D eigenvalue weighted by molar-refractivity contribution is 6.12. The zero-order valence-corrected chi connectivity index (χ0v) is 33.3. The maximum atomic E-state index is 6.55. The minimum Gasteiger partial charge on any atom is -0.455 e. The van der Waals surface area contributed by atoms with Crippen LogP contribution in [0.1, 0.15) is 25.0 Å². The first-order valence-corrected chi connectivity index (χ1v) is 20.7. The molecule has 2 aromatic heterocycles. The molecule has 1 aliphatic rings. The number of aromatic nitrogens is 2. The predicted molar refractivity (Wildman–Crippen MR) is 249 cm³/mol. The summed E-state index contributed by atoms with van der Waals surface area (Å²) in [6.45, 7) is 4.69. The summed E-state index contributed by atoms with van der Waals surface area (Å²) < 4.78 is 6.55. The van der Waals surface area contributed by atoms with Crippen molar-refractivity contribution in [2.24, 2.45) is 0 Å². The summed E-state index contributed by atoms with van der Waals surface area (Å²) in [6.07, 6.45) is 0. The van der Waals surface area contributed by atoms with Crippen LogP contribution in [0.15, 0.2) is 199 Å². The highest BCUT2D eigenvalue weighted by Gasteiger charge is 2.37. The summed E-state index contributed by atoms with van der Waals surface area (Å²) >= 11 is 0.